The van der Waals surface area contributed by atoms with Crippen LogP contribution in [-0.4, -0.2) is 62.6 Å². The molecule has 3 N–H and O–H groups in total. The van der Waals surface area contributed by atoms with Crippen molar-refractivity contribution >= 4 is 28.4 Å². The lowest BCUT2D eigenvalue weighted by molar-refractivity contribution is -0.250. The Labute approximate surface area is 233 Å². The largest absolute Gasteiger partial charge is 0.477 e. The van der Waals surface area contributed by atoms with Crippen LogP contribution in [0, 0.1) is 11.6 Å². The van der Waals surface area contributed by atoms with Gasteiger partial charge < -0.3 is 25.0 Å². The fourth-order valence-electron chi connectivity index (χ4n) is 5.85. The van der Waals surface area contributed by atoms with E-state index in [9.17, 15) is 37.4 Å². The molecule has 9 nitrogen and oxygen atoms in total. The third kappa shape index (κ3) is 3.92. The SMILES string of the molecule is CNc1cc(F)c(F)c2c1Cc1ncc(-c3cnc4c(c3)c(=O)c(C(=O)O)cn4C)c(N3CCC(O)(C(F)(F)F)C3)c1-2. The number of nitrogens with zero attached hydrogens (tertiary/aromatic N) is 4. The monoisotopic (exact) mass is 587 g/mol. The zero-order valence-corrected chi connectivity index (χ0v) is 22.1. The summed E-state index contributed by atoms with van der Waals surface area (Å²) in [4.78, 5) is 34.7. The molecule has 1 atom stereocenters. The summed E-state index contributed by atoms with van der Waals surface area (Å²) in [7, 11) is 3.02. The Morgan fingerprint density at radius 1 is 1.14 bits per heavy atom. The maximum atomic E-state index is 15.5. The predicted molar refractivity (Wildman–Crippen MR) is 143 cm³/mol. The number of carbonyl (C=O) groups is 1. The van der Waals surface area contributed by atoms with Crippen molar-refractivity contribution in [1.82, 2.24) is 14.5 Å². The van der Waals surface area contributed by atoms with Crippen molar-refractivity contribution in [1.29, 1.82) is 0 Å². The molecule has 0 spiro atoms. The molecule has 4 heterocycles. The third-order valence-corrected chi connectivity index (χ3v) is 7.97. The van der Waals surface area contributed by atoms with Crippen LogP contribution in [0.25, 0.3) is 33.3 Å². The number of carboxylic acid groups (broad SMARTS) is 1. The molecule has 218 valence electrons. The van der Waals surface area contributed by atoms with Gasteiger partial charge in [-0.3, -0.25) is 9.78 Å². The molecular formula is C28H22F5N5O4. The molecule has 1 saturated heterocycles. The highest BCUT2D eigenvalue weighted by atomic mass is 19.4. The molecule has 1 aromatic carbocycles. The minimum atomic E-state index is -4.96. The van der Waals surface area contributed by atoms with Gasteiger partial charge in [0.15, 0.2) is 17.2 Å². The van der Waals surface area contributed by atoms with Crippen LogP contribution in [0.3, 0.4) is 0 Å². The van der Waals surface area contributed by atoms with Crippen LogP contribution in [0.1, 0.15) is 28.0 Å². The molecule has 4 aromatic rings. The van der Waals surface area contributed by atoms with E-state index in [0.717, 1.165) is 12.3 Å². The highest BCUT2D eigenvalue weighted by Crippen LogP contribution is 2.52. The summed E-state index contributed by atoms with van der Waals surface area (Å²) >= 11 is 0. The number of β-amino-alcohol motifs (C(OH)–C–C–N with tert-alkyl or cyclic N) is 1. The van der Waals surface area contributed by atoms with Crippen LogP contribution >= 0.6 is 0 Å². The molecule has 1 aliphatic carbocycles. The number of hydrogen-bond acceptors (Lipinski definition) is 7. The fourth-order valence-corrected chi connectivity index (χ4v) is 5.85. The van der Waals surface area contributed by atoms with E-state index in [1.807, 2.05) is 0 Å². The van der Waals surface area contributed by atoms with Crippen molar-refractivity contribution in [3.05, 3.63) is 69.4 Å². The number of carboxylic acids is 1. The summed E-state index contributed by atoms with van der Waals surface area (Å²) in [6.45, 7) is -1.17. The molecule has 6 rings (SSSR count). The number of nitrogens with one attached hydrogen (secondary N) is 1. The molecule has 0 amide bonds. The molecule has 3 aromatic heterocycles. The number of halogens is 5. The van der Waals surface area contributed by atoms with Crippen molar-refractivity contribution in [3.8, 4) is 22.3 Å². The smallest absolute Gasteiger partial charge is 0.418 e. The summed E-state index contributed by atoms with van der Waals surface area (Å²) in [5.74, 6) is -3.84. The Morgan fingerprint density at radius 3 is 2.52 bits per heavy atom. The first kappa shape index (κ1) is 27.6. The van der Waals surface area contributed by atoms with Gasteiger partial charge in [0, 0.05) is 86.1 Å². The number of alkyl halides is 3. The van der Waals surface area contributed by atoms with Crippen LogP contribution in [0.5, 0.6) is 0 Å². The van der Waals surface area contributed by atoms with Crippen LogP contribution in [0.2, 0.25) is 0 Å². The lowest BCUT2D eigenvalue weighted by atomic mass is 9.97. The summed E-state index contributed by atoms with van der Waals surface area (Å²) in [5.41, 5.74) is -3.08. The number of aromatic nitrogens is 3. The van der Waals surface area contributed by atoms with Gasteiger partial charge in [0.2, 0.25) is 5.43 Å². The average Bonchev–Trinajstić information content (AvgIpc) is 3.53. The molecule has 1 aliphatic heterocycles. The number of aliphatic hydroxyl groups is 1. The topological polar surface area (TPSA) is 121 Å². The Hall–Kier alpha value is -4.59. The maximum Gasteiger partial charge on any atom is 0.418 e. The Morgan fingerprint density at radius 2 is 1.88 bits per heavy atom. The van der Waals surface area contributed by atoms with Gasteiger partial charge in [-0.05, 0) is 11.6 Å². The number of rotatable bonds is 4. The predicted octanol–water partition coefficient (Wildman–Crippen LogP) is 4.09. The van der Waals surface area contributed by atoms with Gasteiger partial charge in [0.05, 0.1) is 23.3 Å². The van der Waals surface area contributed by atoms with Crippen molar-refractivity contribution < 1.29 is 37.0 Å². The zero-order valence-electron chi connectivity index (χ0n) is 22.1. The molecule has 14 heteroatoms. The number of aryl methyl sites for hydroxylation is 1. The molecule has 0 bridgehead atoms. The lowest BCUT2D eigenvalue weighted by Gasteiger charge is -2.29. The van der Waals surface area contributed by atoms with E-state index in [0.29, 0.717) is 5.56 Å². The maximum absolute atomic E-state index is 15.5. The number of fused-ring (bicyclic) bond motifs is 4. The molecule has 0 saturated carbocycles. The van der Waals surface area contributed by atoms with Crippen molar-refractivity contribution in [2.24, 2.45) is 7.05 Å². The number of aromatic carboxylic acids is 1. The van der Waals surface area contributed by atoms with Crippen molar-refractivity contribution in [2.75, 3.05) is 30.4 Å². The number of benzene rings is 1. The molecule has 1 unspecified atom stereocenters. The highest BCUT2D eigenvalue weighted by Gasteiger charge is 2.57. The van der Waals surface area contributed by atoms with Crippen molar-refractivity contribution in [2.45, 2.75) is 24.6 Å². The van der Waals surface area contributed by atoms with E-state index in [4.69, 9.17) is 0 Å². The second kappa shape index (κ2) is 9.21. The summed E-state index contributed by atoms with van der Waals surface area (Å²) < 4.78 is 73.1. The highest BCUT2D eigenvalue weighted by molar-refractivity contribution is 5.98. The van der Waals surface area contributed by atoms with Gasteiger partial charge in [0.1, 0.15) is 11.2 Å². The van der Waals surface area contributed by atoms with Gasteiger partial charge in [-0.1, -0.05) is 0 Å². The van der Waals surface area contributed by atoms with E-state index in [1.54, 1.807) is 0 Å². The van der Waals surface area contributed by atoms with E-state index >= 15 is 4.39 Å². The molecular weight excluding hydrogens is 565 g/mol. The van der Waals surface area contributed by atoms with E-state index in [-0.39, 0.29) is 63.3 Å². The molecule has 0 radical (unpaired) electrons. The normalized spacial score (nSPS) is 18.0. The van der Waals surface area contributed by atoms with Gasteiger partial charge in [0.25, 0.3) is 0 Å². The van der Waals surface area contributed by atoms with Gasteiger partial charge >= 0.3 is 12.1 Å². The first-order valence-electron chi connectivity index (χ1n) is 12.7. The quantitative estimate of drug-likeness (QED) is 0.269. The number of anilines is 2. The molecule has 2 aliphatic rings. The van der Waals surface area contributed by atoms with Crippen LogP contribution in [-0.2, 0) is 13.5 Å². The number of hydrogen-bond donors (Lipinski definition) is 3. The summed E-state index contributed by atoms with van der Waals surface area (Å²) in [6, 6.07) is 2.33. The van der Waals surface area contributed by atoms with Crippen molar-refractivity contribution in [3.63, 3.8) is 0 Å². The third-order valence-electron chi connectivity index (χ3n) is 7.97. The van der Waals surface area contributed by atoms with E-state index < -0.39 is 53.3 Å². The average molecular weight is 588 g/mol. The van der Waals surface area contributed by atoms with E-state index in [2.05, 4.69) is 15.3 Å². The Bertz CT molecular complexity index is 1890. The van der Waals surface area contributed by atoms with Gasteiger partial charge in [-0.2, -0.15) is 13.2 Å². The fraction of sp³-hybridized carbons (Fsp3) is 0.286. The van der Waals surface area contributed by atoms with Crippen LogP contribution in [0.15, 0.2) is 35.5 Å². The van der Waals surface area contributed by atoms with Crippen LogP contribution in [0.4, 0.5) is 33.3 Å². The van der Waals surface area contributed by atoms with Gasteiger partial charge in [-0.15, -0.1) is 0 Å². The van der Waals surface area contributed by atoms with Crippen LogP contribution < -0.4 is 15.6 Å². The summed E-state index contributed by atoms with van der Waals surface area (Å²) in [5, 5.41) is 22.7. The second-order valence-corrected chi connectivity index (χ2v) is 10.4. The minimum Gasteiger partial charge on any atom is -0.477 e. The lowest BCUT2D eigenvalue weighted by Crippen LogP contribution is -2.47. The minimum absolute atomic E-state index is 0.0536. The first-order valence-corrected chi connectivity index (χ1v) is 12.7. The van der Waals surface area contributed by atoms with E-state index in [1.165, 1.54) is 42.0 Å². The Kier molecular flexibility index (Phi) is 6.05. The zero-order chi connectivity index (χ0) is 30.3. The standard InChI is InChI=1S/C28H22F5N5O4/c1-34-18-7-17(29)22(30)20-13(18)6-19-21(20)23(38-4-3-27(42,11-38)28(31,32)33)15(9-35-19)12-5-14-24(39)16(26(40)41)10-37(2)25(14)36-8-12/h5,7-10,34,42H,3-4,6,11H2,1-2H3,(H,40,41). The first-order chi connectivity index (χ1) is 19.8. The number of pyridine rings is 3. The Balaban J connectivity index is 1.65. The van der Waals surface area contributed by atoms with Gasteiger partial charge in [-0.25, -0.2) is 18.6 Å². The summed E-state index contributed by atoms with van der Waals surface area (Å²) in [6.07, 6.45) is -1.79. The molecule has 1 fully saturated rings. The molecule has 42 heavy (non-hydrogen) atoms. The second-order valence-electron chi connectivity index (χ2n) is 10.4.